The predicted octanol–water partition coefficient (Wildman–Crippen LogP) is 4.02. The number of nitrogens with one attached hydrogen (secondary N) is 1. The summed E-state index contributed by atoms with van der Waals surface area (Å²) in [7, 11) is 0. The molecule has 116 valence electrons. The summed E-state index contributed by atoms with van der Waals surface area (Å²) in [6.07, 6.45) is 3.96. The van der Waals surface area contributed by atoms with Gasteiger partial charge in [0.15, 0.2) is 0 Å². The zero-order valence-electron chi connectivity index (χ0n) is 13.2. The van der Waals surface area contributed by atoms with Gasteiger partial charge in [0.25, 0.3) is 0 Å². The van der Waals surface area contributed by atoms with Gasteiger partial charge < -0.3 is 10.2 Å². The topological polar surface area (TPSA) is 15.3 Å². The molecule has 1 saturated heterocycles. The molecule has 2 fully saturated rings. The normalized spacial score (nSPS) is 29.8. The average molecular weight is 351 g/mol. The Balaban J connectivity index is 1.39. The summed E-state index contributed by atoms with van der Waals surface area (Å²) in [4.78, 5) is 2.61. The number of benzene rings is 1. The van der Waals surface area contributed by atoms with Crippen molar-refractivity contribution in [3.63, 3.8) is 0 Å². The van der Waals surface area contributed by atoms with Gasteiger partial charge in [0.2, 0.25) is 0 Å². The van der Waals surface area contributed by atoms with E-state index < -0.39 is 0 Å². The van der Waals surface area contributed by atoms with Crippen molar-refractivity contribution in [3.05, 3.63) is 34.3 Å². The molecule has 0 radical (unpaired) electrons. The number of hydrogen-bond acceptors (Lipinski definition) is 2. The van der Waals surface area contributed by atoms with E-state index in [1.54, 1.807) is 0 Å². The molecule has 2 aliphatic rings. The van der Waals surface area contributed by atoms with Crippen LogP contribution in [-0.2, 0) is 0 Å². The third kappa shape index (κ3) is 3.69. The molecule has 1 aromatic carbocycles. The first-order valence-corrected chi connectivity index (χ1v) is 9.14. The molecule has 0 spiro atoms. The van der Waals surface area contributed by atoms with E-state index in [1.807, 2.05) is 0 Å². The van der Waals surface area contributed by atoms with Crippen molar-refractivity contribution in [1.29, 1.82) is 0 Å². The number of nitrogens with zero attached hydrogens (tertiary/aromatic N) is 1. The fraction of sp³-hybridized carbons (Fsp3) is 0.667. The smallest absolute Gasteiger partial charge is 0.0210 e. The lowest BCUT2D eigenvalue weighted by Crippen LogP contribution is -2.42. The molecule has 1 aliphatic heterocycles. The highest BCUT2D eigenvalue weighted by molar-refractivity contribution is 9.10. The molecule has 0 aromatic heterocycles. The van der Waals surface area contributed by atoms with Crippen molar-refractivity contribution in [2.45, 2.75) is 51.1 Å². The van der Waals surface area contributed by atoms with Crippen molar-refractivity contribution in [1.82, 2.24) is 10.2 Å². The first-order chi connectivity index (χ1) is 10.1. The molecule has 0 amide bonds. The van der Waals surface area contributed by atoms with E-state index >= 15 is 0 Å². The molecule has 1 atom stereocenters. The monoisotopic (exact) mass is 350 g/mol. The average Bonchev–Trinajstić information content (AvgIpc) is 2.88. The molecule has 2 nitrogen and oxygen atoms in total. The fourth-order valence-electron chi connectivity index (χ4n) is 3.68. The van der Waals surface area contributed by atoms with Crippen LogP contribution in [0.5, 0.6) is 0 Å². The minimum absolute atomic E-state index is 0.707. The Morgan fingerprint density at radius 2 is 2.05 bits per heavy atom. The summed E-state index contributed by atoms with van der Waals surface area (Å²) in [6, 6.07) is 10.1. The van der Waals surface area contributed by atoms with Crippen molar-refractivity contribution >= 4 is 15.9 Å². The Labute approximate surface area is 137 Å². The Morgan fingerprint density at radius 1 is 1.29 bits per heavy atom. The zero-order chi connectivity index (χ0) is 14.8. The maximum atomic E-state index is 3.80. The van der Waals surface area contributed by atoms with E-state index in [0.717, 1.165) is 17.9 Å². The van der Waals surface area contributed by atoms with Crippen molar-refractivity contribution in [3.8, 4) is 0 Å². The lowest BCUT2D eigenvalue weighted by molar-refractivity contribution is 0.249. The van der Waals surface area contributed by atoms with Gasteiger partial charge in [0.05, 0.1) is 0 Å². The van der Waals surface area contributed by atoms with E-state index in [1.165, 1.54) is 48.9 Å². The summed E-state index contributed by atoms with van der Waals surface area (Å²) in [5.74, 6) is 1.60. The first-order valence-electron chi connectivity index (χ1n) is 8.35. The van der Waals surface area contributed by atoms with Gasteiger partial charge in [-0.05, 0) is 69.7 Å². The lowest BCUT2D eigenvalue weighted by Gasteiger charge is -2.37. The first kappa shape index (κ1) is 15.5. The molecule has 1 saturated carbocycles. The number of likely N-dealkylation sites (tertiary alicyclic amines) is 1. The lowest BCUT2D eigenvalue weighted by atomic mass is 9.76. The second-order valence-electron chi connectivity index (χ2n) is 7.04. The molecule has 1 unspecified atom stereocenters. The second kappa shape index (κ2) is 6.80. The summed E-state index contributed by atoms with van der Waals surface area (Å²) in [5.41, 5.74) is 1.49. The van der Waals surface area contributed by atoms with E-state index in [9.17, 15) is 0 Å². The van der Waals surface area contributed by atoms with Crippen LogP contribution >= 0.6 is 15.9 Å². The molecule has 1 aliphatic carbocycles. The van der Waals surface area contributed by atoms with Gasteiger partial charge >= 0.3 is 0 Å². The van der Waals surface area contributed by atoms with Crippen LogP contribution in [0.3, 0.4) is 0 Å². The molecule has 3 rings (SSSR count). The van der Waals surface area contributed by atoms with Crippen LogP contribution in [-0.4, -0.2) is 36.6 Å². The zero-order valence-corrected chi connectivity index (χ0v) is 14.8. The highest BCUT2D eigenvalue weighted by Gasteiger charge is 2.32. The van der Waals surface area contributed by atoms with E-state index in [2.05, 4.69) is 64.3 Å². The molecular formula is C18H27BrN2. The maximum Gasteiger partial charge on any atom is 0.0210 e. The largest absolute Gasteiger partial charge is 0.314 e. The quantitative estimate of drug-likeness (QED) is 0.862. The van der Waals surface area contributed by atoms with Crippen LogP contribution in [0.25, 0.3) is 0 Å². The molecule has 3 heteroatoms. The van der Waals surface area contributed by atoms with Gasteiger partial charge in [0.1, 0.15) is 0 Å². The third-order valence-corrected chi connectivity index (χ3v) is 5.95. The summed E-state index contributed by atoms with van der Waals surface area (Å²) >= 11 is 3.68. The van der Waals surface area contributed by atoms with Crippen LogP contribution < -0.4 is 5.32 Å². The van der Waals surface area contributed by atoms with Gasteiger partial charge in [-0.2, -0.15) is 0 Å². The van der Waals surface area contributed by atoms with Gasteiger partial charge in [-0.3, -0.25) is 0 Å². The van der Waals surface area contributed by atoms with E-state index in [-0.39, 0.29) is 0 Å². The number of rotatable bonds is 5. The van der Waals surface area contributed by atoms with Crippen molar-refractivity contribution in [2.24, 2.45) is 5.92 Å². The van der Waals surface area contributed by atoms with Crippen molar-refractivity contribution in [2.75, 3.05) is 19.6 Å². The van der Waals surface area contributed by atoms with Crippen LogP contribution in [0.4, 0.5) is 0 Å². The van der Waals surface area contributed by atoms with Gasteiger partial charge in [-0.15, -0.1) is 0 Å². The molecule has 21 heavy (non-hydrogen) atoms. The van der Waals surface area contributed by atoms with Crippen LogP contribution in [0, 0.1) is 5.92 Å². The third-order valence-electron chi connectivity index (χ3n) is 5.23. The minimum atomic E-state index is 0.707. The minimum Gasteiger partial charge on any atom is -0.314 e. The molecule has 1 N–H and O–H groups in total. The van der Waals surface area contributed by atoms with Crippen LogP contribution in [0.2, 0.25) is 0 Å². The van der Waals surface area contributed by atoms with Gasteiger partial charge in [0, 0.05) is 23.1 Å². The molecule has 1 heterocycles. The summed E-state index contributed by atoms with van der Waals surface area (Å²) < 4.78 is 1.27. The fourth-order valence-corrected chi connectivity index (χ4v) is 4.28. The molecule has 1 aromatic rings. The summed E-state index contributed by atoms with van der Waals surface area (Å²) in [5, 5.41) is 3.80. The summed E-state index contributed by atoms with van der Waals surface area (Å²) in [6.45, 7) is 8.39. The number of halogens is 1. The Kier molecular flexibility index (Phi) is 5.03. The highest BCUT2D eigenvalue weighted by atomic mass is 79.9. The standard InChI is InChI=1S/C18H27BrN2/c1-13(2)21-8-7-14(12-21)11-20-16-9-15(10-16)17-5-3-4-6-18(17)19/h3-6,13-16,20H,7-12H2,1-2H3. The maximum absolute atomic E-state index is 3.80. The Morgan fingerprint density at radius 3 is 2.71 bits per heavy atom. The highest BCUT2D eigenvalue weighted by Crippen LogP contribution is 2.40. The van der Waals surface area contributed by atoms with Crippen LogP contribution in [0.1, 0.15) is 44.6 Å². The predicted molar refractivity (Wildman–Crippen MR) is 92.7 cm³/mol. The van der Waals surface area contributed by atoms with E-state index in [4.69, 9.17) is 0 Å². The molecule has 0 bridgehead atoms. The number of hydrogen-bond donors (Lipinski definition) is 1. The van der Waals surface area contributed by atoms with E-state index in [0.29, 0.717) is 6.04 Å². The second-order valence-corrected chi connectivity index (χ2v) is 7.89. The van der Waals surface area contributed by atoms with Gasteiger partial charge in [-0.25, -0.2) is 0 Å². The van der Waals surface area contributed by atoms with Gasteiger partial charge in [-0.1, -0.05) is 34.1 Å². The Hall–Kier alpha value is -0.380. The van der Waals surface area contributed by atoms with Crippen molar-refractivity contribution < 1.29 is 0 Å². The van der Waals surface area contributed by atoms with Crippen LogP contribution in [0.15, 0.2) is 28.7 Å². The molecular weight excluding hydrogens is 324 g/mol. The Bertz CT molecular complexity index is 468. The SMILES string of the molecule is CC(C)N1CCC(CNC2CC(c3ccccc3Br)C2)C1.